The molecule has 0 aliphatic heterocycles. The summed E-state index contributed by atoms with van der Waals surface area (Å²) in [6.07, 6.45) is 0. The van der Waals surface area contributed by atoms with Gasteiger partial charge in [-0.2, -0.15) is 4.98 Å². The van der Waals surface area contributed by atoms with Gasteiger partial charge in [0, 0.05) is 16.8 Å². The zero-order chi connectivity index (χ0) is 15.0. The van der Waals surface area contributed by atoms with Gasteiger partial charge in [-0.15, -0.1) is 0 Å². The van der Waals surface area contributed by atoms with Gasteiger partial charge in [0.25, 0.3) is 5.89 Å². The average Bonchev–Trinajstić information content (AvgIpc) is 2.94. The van der Waals surface area contributed by atoms with Crippen LogP contribution in [0.2, 0.25) is 0 Å². The summed E-state index contributed by atoms with van der Waals surface area (Å²) in [5.74, 6) is 0.259. The minimum Gasteiger partial charge on any atom is -0.504 e. The second-order valence-electron chi connectivity index (χ2n) is 4.70. The van der Waals surface area contributed by atoms with E-state index in [1.807, 2.05) is 13.0 Å². The van der Waals surface area contributed by atoms with Crippen LogP contribution < -0.4 is 5.73 Å². The molecule has 0 spiro atoms. The average molecular weight is 283 g/mol. The molecule has 3 aromatic rings. The minimum atomic E-state index is -0.234. The maximum Gasteiger partial charge on any atom is 0.258 e. The first-order valence-electron chi connectivity index (χ1n) is 6.27. The topological polar surface area (TPSA) is 105 Å². The number of aryl methyl sites for hydroxylation is 1. The first-order valence-corrected chi connectivity index (χ1v) is 6.27. The zero-order valence-electron chi connectivity index (χ0n) is 11.2. The molecule has 0 radical (unpaired) electrons. The van der Waals surface area contributed by atoms with E-state index in [4.69, 9.17) is 10.3 Å². The molecule has 0 fully saturated rings. The number of nitrogens with two attached hydrogens (primary N) is 1. The fourth-order valence-electron chi connectivity index (χ4n) is 1.93. The number of aromatic nitrogens is 2. The Balaban J connectivity index is 1.99. The molecule has 0 atom stereocenters. The van der Waals surface area contributed by atoms with Crippen LogP contribution in [0.4, 0.5) is 5.69 Å². The minimum absolute atomic E-state index is 0.198. The number of nitrogens with zero attached hydrogens (tertiary/aromatic N) is 2. The molecule has 6 nitrogen and oxygen atoms in total. The van der Waals surface area contributed by atoms with E-state index < -0.39 is 0 Å². The number of nitrogen functional groups attached to an aromatic ring is 1. The first kappa shape index (κ1) is 13.0. The lowest BCUT2D eigenvalue weighted by Crippen LogP contribution is -1.89. The maximum atomic E-state index is 9.50. The predicted molar refractivity (Wildman–Crippen MR) is 77.6 cm³/mol. The highest BCUT2D eigenvalue weighted by molar-refractivity contribution is 5.65. The van der Waals surface area contributed by atoms with Crippen LogP contribution in [0.25, 0.3) is 22.8 Å². The Morgan fingerprint density at radius 2 is 1.76 bits per heavy atom. The lowest BCUT2D eigenvalue weighted by molar-refractivity contribution is 0.404. The molecule has 3 rings (SSSR count). The van der Waals surface area contributed by atoms with Crippen molar-refractivity contribution in [1.29, 1.82) is 0 Å². The molecule has 1 heterocycles. The third-order valence-electron chi connectivity index (χ3n) is 3.18. The van der Waals surface area contributed by atoms with Crippen molar-refractivity contribution < 1.29 is 14.7 Å². The van der Waals surface area contributed by atoms with E-state index in [0.717, 1.165) is 11.1 Å². The zero-order valence-corrected chi connectivity index (χ0v) is 11.2. The van der Waals surface area contributed by atoms with Gasteiger partial charge >= 0.3 is 0 Å². The lowest BCUT2D eigenvalue weighted by atomic mass is 10.1. The molecule has 2 aromatic carbocycles. The number of aromatic hydroxyl groups is 2. The summed E-state index contributed by atoms with van der Waals surface area (Å²) in [7, 11) is 0. The first-order chi connectivity index (χ1) is 10.0. The van der Waals surface area contributed by atoms with Gasteiger partial charge in [-0.25, -0.2) is 0 Å². The third kappa shape index (κ3) is 2.38. The second kappa shape index (κ2) is 4.82. The molecule has 4 N–H and O–H groups in total. The molecule has 0 saturated carbocycles. The van der Waals surface area contributed by atoms with Gasteiger partial charge in [0.15, 0.2) is 11.5 Å². The van der Waals surface area contributed by atoms with Gasteiger partial charge in [-0.3, -0.25) is 0 Å². The summed E-state index contributed by atoms with van der Waals surface area (Å²) < 4.78 is 5.22. The summed E-state index contributed by atoms with van der Waals surface area (Å²) in [5, 5.41) is 22.7. The van der Waals surface area contributed by atoms with Gasteiger partial charge in [-0.1, -0.05) is 5.16 Å². The Hall–Kier alpha value is -3.02. The van der Waals surface area contributed by atoms with Gasteiger partial charge < -0.3 is 20.5 Å². The Kier molecular flexibility index (Phi) is 2.98. The number of anilines is 1. The molecule has 6 heteroatoms. The highest BCUT2D eigenvalue weighted by Gasteiger charge is 2.12. The summed E-state index contributed by atoms with van der Waals surface area (Å²) in [5.41, 5.74) is 8.71. The number of hydrogen-bond donors (Lipinski definition) is 3. The molecule has 0 unspecified atom stereocenters. The molecular formula is C15H13N3O3. The Morgan fingerprint density at radius 1 is 1.00 bits per heavy atom. The third-order valence-corrected chi connectivity index (χ3v) is 3.18. The van der Waals surface area contributed by atoms with Crippen LogP contribution in [0.3, 0.4) is 0 Å². The van der Waals surface area contributed by atoms with E-state index in [-0.39, 0.29) is 11.5 Å². The van der Waals surface area contributed by atoms with Crippen molar-refractivity contribution in [1.82, 2.24) is 10.1 Å². The summed E-state index contributed by atoms with van der Waals surface area (Å²) in [6.45, 7) is 1.90. The standard InChI is InChI=1S/C15H13N3O3/c1-8-6-10(2-4-11(8)16)15-17-14(18-21-15)9-3-5-12(19)13(20)7-9/h2-7,19-20H,16H2,1H3. The van der Waals surface area contributed by atoms with Crippen molar-refractivity contribution in [3.8, 4) is 34.3 Å². The van der Waals surface area contributed by atoms with E-state index in [1.165, 1.54) is 12.1 Å². The Bertz CT molecular complexity index is 746. The van der Waals surface area contributed by atoms with Crippen molar-refractivity contribution in [2.24, 2.45) is 0 Å². The summed E-state index contributed by atoms with van der Waals surface area (Å²) in [4.78, 5) is 4.28. The van der Waals surface area contributed by atoms with Crippen molar-refractivity contribution in [2.75, 3.05) is 5.73 Å². The van der Waals surface area contributed by atoms with Crippen molar-refractivity contribution in [2.45, 2.75) is 6.92 Å². The Morgan fingerprint density at radius 3 is 2.48 bits per heavy atom. The highest BCUT2D eigenvalue weighted by Crippen LogP contribution is 2.30. The molecule has 1 aromatic heterocycles. The van der Waals surface area contributed by atoms with Gasteiger partial charge in [0.2, 0.25) is 5.82 Å². The molecule has 106 valence electrons. The molecule has 0 aliphatic rings. The van der Waals surface area contributed by atoms with Crippen LogP contribution in [-0.2, 0) is 0 Å². The molecular weight excluding hydrogens is 270 g/mol. The smallest absolute Gasteiger partial charge is 0.258 e. The van der Waals surface area contributed by atoms with E-state index >= 15 is 0 Å². The largest absolute Gasteiger partial charge is 0.504 e. The summed E-state index contributed by atoms with van der Waals surface area (Å²) >= 11 is 0. The van der Waals surface area contributed by atoms with Crippen molar-refractivity contribution >= 4 is 5.69 Å². The van der Waals surface area contributed by atoms with Crippen LogP contribution in [0.5, 0.6) is 11.5 Å². The molecule has 21 heavy (non-hydrogen) atoms. The fourth-order valence-corrected chi connectivity index (χ4v) is 1.93. The van der Waals surface area contributed by atoms with Gasteiger partial charge in [-0.05, 0) is 48.9 Å². The number of benzene rings is 2. The molecule has 0 amide bonds. The normalized spacial score (nSPS) is 10.7. The molecule has 0 saturated heterocycles. The highest BCUT2D eigenvalue weighted by atomic mass is 16.5. The van der Waals surface area contributed by atoms with Gasteiger partial charge in [0.1, 0.15) is 0 Å². The molecule has 0 bridgehead atoms. The van der Waals surface area contributed by atoms with E-state index in [0.29, 0.717) is 23.0 Å². The predicted octanol–water partition coefficient (Wildman–Crippen LogP) is 2.71. The lowest BCUT2D eigenvalue weighted by Gasteiger charge is -2.00. The number of phenols is 2. The molecule has 0 aliphatic carbocycles. The monoisotopic (exact) mass is 283 g/mol. The summed E-state index contributed by atoms with van der Waals surface area (Å²) in [6, 6.07) is 9.78. The van der Waals surface area contributed by atoms with Crippen molar-refractivity contribution in [3.05, 3.63) is 42.0 Å². The van der Waals surface area contributed by atoms with Crippen molar-refractivity contribution in [3.63, 3.8) is 0 Å². The van der Waals surface area contributed by atoms with Crippen LogP contribution in [-0.4, -0.2) is 20.4 Å². The quantitative estimate of drug-likeness (QED) is 0.493. The van der Waals surface area contributed by atoms with Gasteiger partial charge in [0.05, 0.1) is 0 Å². The van der Waals surface area contributed by atoms with Crippen LogP contribution in [0.1, 0.15) is 5.56 Å². The maximum absolute atomic E-state index is 9.50. The van der Waals surface area contributed by atoms with E-state index in [1.54, 1.807) is 18.2 Å². The number of rotatable bonds is 2. The van der Waals surface area contributed by atoms with Crippen LogP contribution in [0.15, 0.2) is 40.9 Å². The number of hydrogen-bond acceptors (Lipinski definition) is 6. The van der Waals surface area contributed by atoms with E-state index in [2.05, 4.69) is 10.1 Å². The fraction of sp³-hybridized carbons (Fsp3) is 0.0667. The Labute approximate surface area is 120 Å². The van der Waals surface area contributed by atoms with Crippen LogP contribution >= 0.6 is 0 Å². The van der Waals surface area contributed by atoms with Crippen LogP contribution in [0, 0.1) is 6.92 Å². The van der Waals surface area contributed by atoms with E-state index in [9.17, 15) is 10.2 Å². The number of phenolic OH excluding ortho intramolecular Hbond substituents is 2. The SMILES string of the molecule is Cc1cc(-c2nc(-c3ccc(O)c(O)c3)no2)ccc1N. The second-order valence-corrected chi connectivity index (χ2v) is 4.70.